The van der Waals surface area contributed by atoms with Gasteiger partial charge >= 0.3 is 6.18 Å². The van der Waals surface area contributed by atoms with Crippen LogP contribution in [0.4, 0.5) is 13.2 Å². The maximum Gasteiger partial charge on any atom is 0.417 e. The maximum atomic E-state index is 13.1. The molecule has 1 unspecified atom stereocenters. The van der Waals surface area contributed by atoms with Crippen LogP contribution in [0.15, 0.2) is 36.4 Å². The van der Waals surface area contributed by atoms with E-state index in [1.165, 1.54) is 0 Å². The Kier molecular flexibility index (Phi) is 3.99. The second kappa shape index (κ2) is 5.37. The lowest BCUT2D eigenvalue weighted by Crippen LogP contribution is -2.45. The normalized spacial score (nSPS) is 28.1. The maximum absolute atomic E-state index is 13.1. The van der Waals surface area contributed by atoms with Crippen molar-refractivity contribution in [1.82, 2.24) is 0 Å². The highest BCUT2D eigenvalue weighted by atomic mass is 19.4. The number of halogens is 3. The van der Waals surface area contributed by atoms with Crippen LogP contribution in [0.25, 0.3) is 5.57 Å². The van der Waals surface area contributed by atoms with Gasteiger partial charge in [-0.05, 0) is 36.8 Å². The molecule has 0 saturated carbocycles. The molecule has 0 amide bonds. The molecule has 0 heterocycles. The molecule has 1 aromatic carbocycles. The lowest BCUT2D eigenvalue weighted by molar-refractivity contribution is -0.261. The Balaban J connectivity index is 2.33. The number of alkyl halides is 3. The summed E-state index contributed by atoms with van der Waals surface area (Å²) in [7, 11) is 0. The third kappa shape index (κ3) is 3.18. The summed E-state index contributed by atoms with van der Waals surface area (Å²) in [6.07, 6.45) is -1.51. The van der Waals surface area contributed by atoms with Gasteiger partial charge in [0.25, 0.3) is 0 Å². The smallest absolute Gasteiger partial charge is 0.380 e. The Bertz CT molecular complexity index is 450. The van der Waals surface area contributed by atoms with E-state index in [2.05, 4.69) is 0 Å². The number of hydrogen-bond acceptors (Lipinski definition) is 1. The van der Waals surface area contributed by atoms with Crippen molar-refractivity contribution in [2.45, 2.75) is 43.9 Å². The summed E-state index contributed by atoms with van der Waals surface area (Å²) in [4.78, 5) is 0. The molecule has 1 N–H and O–H groups in total. The average molecular weight is 270 g/mol. The summed E-state index contributed by atoms with van der Waals surface area (Å²) >= 11 is 0. The van der Waals surface area contributed by atoms with E-state index in [0.29, 0.717) is 18.4 Å². The molecule has 1 aliphatic carbocycles. The zero-order valence-electron chi connectivity index (χ0n) is 10.6. The van der Waals surface area contributed by atoms with Gasteiger partial charge in [-0.3, -0.25) is 0 Å². The molecule has 0 bridgehead atoms. The first kappa shape index (κ1) is 14.1. The van der Waals surface area contributed by atoms with Gasteiger partial charge in [-0.1, -0.05) is 36.4 Å². The Labute approximate surface area is 110 Å². The predicted molar refractivity (Wildman–Crippen MR) is 68.5 cm³/mol. The minimum atomic E-state index is -4.59. The van der Waals surface area contributed by atoms with Crippen LogP contribution < -0.4 is 0 Å². The predicted octanol–water partition coefficient (Wildman–Crippen LogP) is 4.33. The van der Waals surface area contributed by atoms with Crippen LogP contribution in [0.3, 0.4) is 0 Å². The molecule has 19 heavy (non-hydrogen) atoms. The highest BCUT2D eigenvalue weighted by Crippen LogP contribution is 2.42. The summed E-state index contributed by atoms with van der Waals surface area (Å²) in [6.45, 7) is 0. The largest absolute Gasteiger partial charge is 0.417 e. The lowest BCUT2D eigenvalue weighted by Gasteiger charge is -2.32. The lowest BCUT2D eigenvalue weighted by atomic mass is 9.83. The second-order valence-corrected chi connectivity index (χ2v) is 5.05. The van der Waals surface area contributed by atoms with E-state index in [4.69, 9.17) is 0 Å². The minimum absolute atomic E-state index is 0.222. The first-order valence-corrected chi connectivity index (χ1v) is 6.46. The molecule has 0 fully saturated rings. The van der Waals surface area contributed by atoms with E-state index in [0.717, 1.165) is 12.0 Å². The van der Waals surface area contributed by atoms with Crippen LogP contribution >= 0.6 is 0 Å². The molecule has 2 rings (SSSR count). The standard InChI is InChI=1S/C15H17F3O/c16-15(17,18)14(19)10-6-2-5-9-13(11-14)12-7-3-1-4-8-12/h1,3-4,7-9,19H,2,5-6,10-11H2/b13-9+. The van der Waals surface area contributed by atoms with Crippen LogP contribution in [0.2, 0.25) is 0 Å². The van der Waals surface area contributed by atoms with Gasteiger partial charge in [0, 0.05) is 6.42 Å². The molecule has 1 atom stereocenters. The zero-order chi connectivity index (χ0) is 13.9. The molecule has 4 heteroatoms. The van der Waals surface area contributed by atoms with Gasteiger partial charge in [0.1, 0.15) is 0 Å². The Morgan fingerprint density at radius 1 is 1.05 bits per heavy atom. The van der Waals surface area contributed by atoms with Crippen molar-refractivity contribution in [1.29, 1.82) is 0 Å². The van der Waals surface area contributed by atoms with Gasteiger partial charge in [0.2, 0.25) is 0 Å². The van der Waals surface area contributed by atoms with Crippen molar-refractivity contribution >= 4 is 5.57 Å². The minimum Gasteiger partial charge on any atom is -0.380 e. The Hall–Kier alpha value is -1.29. The highest BCUT2D eigenvalue weighted by Gasteiger charge is 2.53. The topological polar surface area (TPSA) is 20.2 Å². The summed E-state index contributed by atoms with van der Waals surface area (Å²) in [5, 5.41) is 9.98. The third-order valence-corrected chi connectivity index (χ3v) is 3.59. The summed E-state index contributed by atoms with van der Waals surface area (Å²) in [5.41, 5.74) is -1.26. The van der Waals surface area contributed by atoms with Gasteiger partial charge in [-0.15, -0.1) is 0 Å². The van der Waals surface area contributed by atoms with Crippen LogP contribution in [0.5, 0.6) is 0 Å². The van der Waals surface area contributed by atoms with Crippen LogP contribution in [-0.2, 0) is 0 Å². The molecule has 0 aliphatic heterocycles. The molecule has 0 aromatic heterocycles. The summed E-state index contributed by atoms with van der Waals surface area (Å²) in [5.74, 6) is 0. The number of rotatable bonds is 1. The molecule has 0 spiro atoms. The fourth-order valence-electron chi connectivity index (χ4n) is 2.43. The molecule has 1 aromatic rings. The first-order valence-electron chi connectivity index (χ1n) is 6.46. The first-order chi connectivity index (χ1) is 8.92. The van der Waals surface area contributed by atoms with Crippen molar-refractivity contribution in [3.8, 4) is 0 Å². The Morgan fingerprint density at radius 2 is 1.74 bits per heavy atom. The SMILES string of the molecule is OC1(C(F)(F)F)CCCC/C=C(/c2ccccc2)C1. The molecule has 1 nitrogen and oxygen atoms in total. The van der Waals surface area contributed by atoms with Crippen LogP contribution in [-0.4, -0.2) is 16.9 Å². The van der Waals surface area contributed by atoms with E-state index in [-0.39, 0.29) is 12.8 Å². The van der Waals surface area contributed by atoms with Gasteiger partial charge in [-0.2, -0.15) is 13.2 Å². The van der Waals surface area contributed by atoms with E-state index < -0.39 is 11.8 Å². The van der Waals surface area contributed by atoms with Gasteiger partial charge in [-0.25, -0.2) is 0 Å². The van der Waals surface area contributed by atoms with Gasteiger partial charge < -0.3 is 5.11 Å². The van der Waals surface area contributed by atoms with Gasteiger partial charge in [0.15, 0.2) is 5.60 Å². The van der Waals surface area contributed by atoms with Crippen LogP contribution in [0, 0.1) is 0 Å². The van der Waals surface area contributed by atoms with Crippen LogP contribution in [0.1, 0.15) is 37.7 Å². The summed E-state index contributed by atoms with van der Waals surface area (Å²) in [6, 6.07) is 8.97. The zero-order valence-corrected chi connectivity index (χ0v) is 10.6. The number of allylic oxidation sites excluding steroid dienone is 1. The molecule has 1 aliphatic rings. The quantitative estimate of drug-likeness (QED) is 0.805. The van der Waals surface area contributed by atoms with Crippen molar-refractivity contribution in [2.24, 2.45) is 0 Å². The van der Waals surface area contributed by atoms with E-state index in [1.54, 1.807) is 24.3 Å². The number of aliphatic hydroxyl groups is 1. The average Bonchev–Trinajstić information content (AvgIpc) is 2.33. The van der Waals surface area contributed by atoms with E-state index in [1.807, 2.05) is 12.1 Å². The number of hydrogen-bond donors (Lipinski definition) is 1. The van der Waals surface area contributed by atoms with Crippen molar-refractivity contribution in [3.63, 3.8) is 0 Å². The third-order valence-electron chi connectivity index (χ3n) is 3.59. The number of benzene rings is 1. The fraction of sp³-hybridized carbons (Fsp3) is 0.467. The van der Waals surface area contributed by atoms with Crippen molar-refractivity contribution in [3.05, 3.63) is 42.0 Å². The van der Waals surface area contributed by atoms with Crippen molar-refractivity contribution < 1.29 is 18.3 Å². The molecule has 0 saturated heterocycles. The van der Waals surface area contributed by atoms with E-state index in [9.17, 15) is 18.3 Å². The highest BCUT2D eigenvalue weighted by molar-refractivity contribution is 5.66. The summed E-state index contributed by atoms with van der Waals surface area (Å²) < 4.78 is 39.2. The molecule has 0 radical (unpaired) electrons. The fourth-order valence-corrected chi connectivity index (χ4v) is 2.43. The van der Waals surface area contributed by atoms with Gasteiger partial charge in [0.05, 0.1) is 0 Å². The Morgan fingerprint density at radius 3 is 2.37 bits per heavy atom. The van der Waals surface area contributed by atoms with E-state index >= 15 is 0 Å². The molecular weight excluding hydrogens is 253 g/mol. The monoisotopic (exact) mass is 270 g/mol. The van der Waals surface area contributed by atoms with Crippen molar-refractivity contribution in [2.75, 3.05) is 0 Å². The molecular formula is C15H17F3O. The molecule has 104 valence electrons. The second-order valence-electron chi connectivity index (χ2n) is 5.05.